The molecule has 158 valence electrons. The molecule has 0 aliphatic heterocycles. The maximum absolute atomic E-state index is 14.1. The number of amides is 1. The first kappa shape index (κ1) is 20.9. The maximum atomic E-state index is 14.1. The molecule has 0 radical (unpaired) electrons. The van der Waals surface area contributed by atoms with Crippen molar-refractivity contribution in [3.8, 4) is 0 Å². The smallest absolute Gasteiger partial charge is 0.416 e. The third-order valence-electron chi connectivity index (χ3n) is 4.33. The number of carbonyl (C=O) groups excluding carboxylic acids is 1. The first-order chi connectivity index (χ1) is 14.8. The van der Waals surface area contributed by atoms with E-state index in [1.807, 2.05) is 0 Å². The van der Waals surface area contributed by atoms with Crippen molar-refractivity contribution in [2.24, 2.45) is 0 Å². The molecule has 2 aromatic carbocycles. The van der Waals surface area contributed by atoms with E-state index in [0.29, 0.717) is 39.9 Å². The largest absolute Gasteiger partial charge is 0.451 e. The van der Waals surface area contributed by atoms with E-state index in [1.165, 1.54) is 11.8 Å². The number of hydrogen-bond acceptors (Lipinski definition) is 5. The van der Waals surface area contributed by atoms with Gasteiger partial charge in [-0.15, -0.1) is 0 Å². The van der Waals surface area contributed by atoms with Crippen LogP contribution in [0.1, 0.15) is 21.7 Å². The molecule has 0 spiro atoms. The van der Waals surface area contributed by atoms with Crippen molar-refractivity contribution >= 4 is 34.3 Å². The fraction of sp³-hybridized carbons (Fsp3) is 0.0952. The summed E-state index contributed by atoms with van der Waals surface area (Å²) in [5.74, 6) is -1.72. The standard InChI is InChI=1S/C21H13F4N3O2S/c22-15-7-6-12(21(23,24)25)10-16(15)28-19(29)18-14(11-31-20-26-8-3-9-27-20)13-4-1-2-5-17(13)30-18/h1-10H,11H2,(H,28,29). The number of benzene rings is 2. The molecule has 0 unspecified atom stereocenters. The zero-order valence-corrected chi connectivity index (χ0v) is 16.4. The van der Waals surface area contributed by atoms with E-state index >= 15 is 0 Å². The molecule has 31 heavy (non-hydrogen) atoms. The second-order valence-electron chi connectivity index (χ2n) is 6.37. The molecule has 0 bridgehead atoms. The van der Waals surface area contributed by atoms with E-state index in [2.05, 4.69) is 15.3 Å². The van der Waals surface area contributed by atoms with E-state index < -0.39 is 29.2 Å². The van der Waals surface area contributed by atoms with Crippen LogP contribution < -0.4 is 5.32 Å². The van der Waals surface area contributed by atoms with Crippen molar-refractivity contribution < 1.29 is 26.8 Å². The molecular weight excluding hydrogens is 434 g/mol. The molecule has 2 heterocycles. The van der Waals surface area contributed by atoms with Crippen molar-refractivity contribution in [2.75, 3.05) is 5.32 Å². The molecule has 0 fully saturated rings. The molecule has 0 aliphatic rings. The number of furan rings is 1. The van der Waals surface area contributed by atoms with Gasteiger partial charge in [-0.2, -0.15) is 13.2 Å². The molecule has 0 saturated carbocycles. The average Bonchev–Trinajstić information content (AvgIpc) is 3.12. The van der Waals surface area contributed by atoms with Gasteiger partial charge in [0.05, 0.1) is 11.3 Å². The number of rotatable bonds is 5. The molecule has 0 atom stereocenters. The summed E-state index contributed by atoms with van der Waals surface area (Å²) in [6, 6.07) is 10.4. The molecule has 4 aromatic rings. The van der Waals surface area contributed by atoms with Crippen LogP contribution in [0.2, 0.25) is 0 Å². The van der Waals surface area contributed by atoms with Gasteiger partial charge in [0, 0.05) is 29.1 Å². The fourth-order valence-corrected chi connectivity index (χ4v) is 3.73. The predicted octanol–water partition coefficient (Wildman–Crippen LogP) is 5.93. The molecular formula is C21H13F4N3O2S. The van der Waals surface area contributed by atoms with Crippen LogP contribution in [-0.4, -0.2) is 15.9 Å². The lowest BCUT2D eigenvalue weighted by atomic mass is 10.1. The van der Waals surface area contributed by atoms with Gasteiger partial charge in [-0.1, -0.05) is 30.0 Å². The minimum Gasteiger partial charge on any atom is -0.451 e. The van der Waals surface area contributed by atoms with Crippen LogP contribution in [0.3, 0.4) is 0 Å². The highest BCUT2D eigenvalue weighted by atomic mass is 32.2. The van der Waals surface area contributed by atoms with Crippen molar-refractivity contribution in [1.29, 1.82) is 0 Å². The highest BCUT2D eigenvalue weighted by Gasteiger charge is 2.31. The number of thioether (sulfide) groups is 1. The molecule has 10 heteroatoms. The van der Waals surface area contributed by atoms with E-state index in [9.17, 15) is 22.4 Å². The SMILES string of the molecule is O=C(Nc1cc(C(F)(F)F)ccc1F)c1oc2ccccc2c1CSc1ncccn1. The van der Waals surface area contributed by atoms with Crippen LogP contribution in [0.25, 0.3) is 11.0 Å². The second-order valence-corrected chi connectivity index (χ2v) is 7.31. The van der Waals surface area contributed by atoms with Crippen molar-refractivity contribution in [3.05, 3.63) is 83.6 Å². The summed E-state index contributed by atoms with van der Waals surface area (Å²) in [7, 11) is 0. The Hall–Kier alpha value is -3.40. The zero-order valence-electron chi connectivity index (χ0n) is 15.6. The monoisotopic (exact) mass is 447 g/mol. The van der Waals surface area contributed by atoms with E-state index in [0.717, 1.165) is 0 Å². The lowest BCUT2D eigenvalue weighted by molar-refractivity contribution is -0.137. The lowest BCUT2D eigenvalue weighted by Crippen LogP contribution is -2.15. The third kappa shape index (κ3) is 4.53. The minimum atomic E-state index is -4.68. The first-order valence-corrected chi connectivity index (χ1v) is 9.90. The number of aromatic nitrogens is 2. The molecule has 0 aliphatic carbocycles. The van der Waals surface area contributed by atoms with E-state index in [-0.39, 0.29) is 11.5 Å². The molecule has 5 nitrogen and oxygen atoms in total. The molecule has 2 aromatic heterocycles. The normalized spacial score (nSPS) is 11.6. The molecule has 0 saturated heterocycles. The molecule has 4 rings (SSSR count). The van der Waals surface area contributed by atoms with Crippen molar-refractivity contribution in [2.45, 2.75) is 17.1 Å². The Labute approximate surface area is 177 Å². The zero-order chi connectivity index (χ0) is 22.0. The minimum absolute atomic E-state index is 0.124. The third-order valence-corrected chi connectivity index (χ3v) is 5.24. The van der Waals surface area contributed by atoms with Crippen LogP contribution in [0, 0.1) is 5.82 Å². The van der Waals surface area contributed by atoms with E-state index in [1.54, 1.807) is 42.7 Å². The van der Waals surface area contributed by atoms with Gasteiger partial charge in [-0.25, -0.2) is 14.4 Å². The average molecular weight is 447 g/mol. The number of para-hydroxylation sites is 1. The van der Waals surface area contributed by atoms with Gasteiger partial charge in [0.2, 0.25) is 0 Å². The summed E-state index contributed by atoms with van der Waals surface area (Å²) in [4.78, 5) is 21.1. The summed E-state index contributed by atoms with van der Waals surface area (Å²) < 4.78 is 58.6. The van der Waals surface area contributed by atoms with Crippen LogP contribution in [0.5, 0.6) is 0 Å². The Morgan fingerprint density at radius 1 is 1.06 bits per heavy atom. The van der Waals surface area contributed by atoms with Crippen LogP contribution in [0.4, 0.5) is 23.2 Å². The number of fused-ring (bicyclic) bond motifs is 1. The second kappa shape index (κ2) is 8.38. The number of nitrogens with zero attached hydrogens (tertiary/aromatic N) is 2. The topological polar surface area (TPSA) is 68.0 Å². The Kier molecular flexibility index (Phi) is 5.64. The van der Waals surface area contributed by atoms with E-state index in [4.69, 9.17) is 4.42 Å². The maximum Gasteiger partial charge on any atom is 0.416 e. The van der Waals surface area contributed by atoms with Gasteiger partial charge in [-0.3, -0.25) is 4.79 Å². The Morgan fingerprint density at radius 3 is 2.55 bits per heavy atom. The van der Waals surface area contributed by atoms with Gasteiger partial charge < -0.3 is 9.73 Å². The number of alkyl halides is 3. The Balaban J connectivity index is 1.67. The number of nitrogens with one attached hydrogen (secondary N) is 1. The number of carbonyl (C=O) groups is 1. The van der Waals surface area contributed by atoms with Crippen LogP contribution in [0.15, 0.2) is 70.5 Å². The van der Waals surface area contributed by atoms with Crippen molar-refractivity contribution in [1.82, 2.24) is 9.97 Å². The van der Waals surface area contributed by atoms with Gasteiger partial charge in [0.25, 0.3) is 5.91 Å². The number of halogens is 4. The molecule has 1 N–H and O–H groups in total. The van der Waals surface area contributed by atoms with Gasteiger partial charge in [-0.05, 0) is 30.3 Å². The highest BCUT2D eigenvalue weighted by Crippen LogP contribution is 2.34. The molecule has 1 amide bonds. The highest BCUT2D eigenvalue weighted by molar-refractivity contribution is 7.98. The van der Waals surface area contributed by atoms with Gasteiger partial charge in [0.1, 0.15) is 11.4 Å². The Morgan fingerprint density at radius 2 is 1.81 bits per heavy atom. The summed E-state index contributed by atoms with van der Waals surface area (Å²) in [6.07, 6.45) is -1.52. The van der Waals surface area contributed by atoms with Crippen molar-refractivity contribution in [3.63, 3.8) is 0 Å². The first-order valence-electron chi connectivity index (χ1n) is 8.91. The fourth-order valence-electron chi connectivity index (χ4n) is 2.90. The van der Waals surface area contributed by atoms with Crippen LogP contribution >= 0.6 is 11.8 Å². The van der Waals surface area contributed by atoms with Gasteiger partial charge in [0.15, 0.2) is 10.9 Å². The number of anilines is 1. The van der Waals surface area contributed by atoms with Gasteiger partial charge >= 0.3 is 6.18 Å². The van der Waals surface area contributed by atoms with Crippen LogP contribution in [-0.2, 0) is 11.9 Å². The summed E-state index contributed by atoms with van der Waals surface area (Å²) in [5.41, 5.74) is -0.754. The number of hydrogen-bond donors (Lipinski definition) is 1. The Bertz CT molecular complexity index is 1240. The quantitative estimate of drug-likeness (QED) is 0.234. The summed E-state index contributed by atoms with van der Waals surface area (Å²) >= 11 is 1.25. The summed E-state index contributed by atoms with van der Waals surface area (Å²) in [6.45, 7) is 0. The predicted molar refractivity (Wildman–Crippen MR) is 107 cm³/mol. The summed E-state index contributed by atoms with van der Waals surface area (Å²) in [5, 5.41) is 3.32. The lowest BCUT2D eigenvalue weighted by Gasteiger charge is -2.11.